The molecule has 1 fully saturated rings. The summed E-state index contributed by atoms with van der Waals surface area (Å²) in [6.45, 7) is 13.5. The van der Waals surface area contributed by atoms with Crippen molar-refractivity contribution >= 4 is 6.21 Å². The number of hydrogen-bond acceptors (Lipinski definition) is 2. The highest BCUT2D eigenvalue weighted by Crippen LogP contribution is 2.44. The van der Waals surface area contributed by atoms with E-state index < -0.39 is 11.9 Å². The maximum atomic E-state index is 13.2. The molecular formula is C17H25F3N2. The minimum absolute atomic E-state index is 0.0997. The molecule has 2 N–H and O–H groups in total. The van der Waals surface area contributed by atoms with Gasteiger partial charge in [-0.05, 0) is 37.5 Å². The lowest BCUT2D eigenvalue weighted by molar-refractivity contribution is -0.0991. The van der Waals surface area contributed by atoms with Gasteiger partial charge in [-0.15, -0.1) is 0 Å². The molecule has 1 saturated carbocycles. The molecule has 0 saturated heterocycles. The van der Waals surface area contributed by atoms with Gasteiger partial charge in [0.2, 0.25) is 0 Å². The van der Waals surface area contributed by atoms with Gasteiger partial charge in [0.05, 0.1) is 0 Å². The predicted octanol–water partition coefficient (Wildman–Crippen LogP) is 5.00. The first-order chi connectivity index (χ1) is 10.0. The highest BCUT2D eigenvalue weighted by atomic mass is 19.4. The van der Waals surface area contributed by atoms with Crippen LogP contribution in [0.3, 0.4) is 0 Å². The van der Waals surface area contributed by atoms with Crippen LogP contribution in [-0.4, -0.2) is 18.4 Å². The Balaban J connectivity index is 2.99. The van der Waals surface area contributed by atoms with Gasteiger partial charge >= 0.3 is 6.18 Å². The number of halogens is 3. The van der Waals surface area contributed by atoms with E-state index in [0.29, 0.717) is 25.0 Å². The van der Waals surface area contributed by atoms with Crippen molar-refractivity contribution in [2.75, 3.05) is 0 Å². The monoisotopic (exact) mass is 314 g/mol. The molecule has 0 spiro atoms. The molecule has 0 aromatic heterocycles. The van der Waals surface area contributed by atoms with Gasteiger partial charge in [0.25, 0.3) is 0 Å². The fourth-order valence-electron chi connectivity index (χ4n) is 3.44. The molecule has 0 heterocycles. The Kier molecular flexibility index (Phi) is 5.65. The molecule has 0 bridgehead atoms. The summed E-state index contributed by atoms with van der Waals surface area (Å²) in [6, 6.07) is -0.267. The van der Waals surface area contributed by atoms with E-state index in [4.69, 9.17) is 5.41 Å². The van der Waals surface area contributed by atoms with Crippen LogP contribution in [-0.2, 0) is 0 Å². The molecule has 0 amide bonds. The number of alkyl halides is 3. The Hall–Kier alpha value is -1.52. The molecule has 2 nitrogen and oxygen atoms in total. The van der Waals surface area contributed by atoms with Crippen LogP contribution in [0.2, 0.25) is 0 Å². The first-order valence-corrected chi connectivity index (χ1v) is 7.39. The van der Waals surface area contributed by atoms with Crippen LogP contribution in [0, 0.1) is 16.7 Å². The molecule has 1 unspecified atom stereocenters. The molecule has 1 aliphatic carbocycles. The maximum Gasteiger partial charge on any atom is 0.431 e. The molecule has 0 aromatic rings. The van der Waals surface area contributed by atoms with Crippen LogP contribution in [0.4, 0.5) is 13.2 Å². The summed E-state index contributed by atoms with van der Waals surface area (Å²) in [4.78, 5) is 0. The van der Waals surface area contributed by atoms with Crippen molar-refractivity contribution in [3.63, 3.8) is 0 Å². The van der Waals surface area contributed by atoms with Gasteiger partial charge in [0, 0.05) is 17.8 Å². The molecule has 1 aliphatic rings. The molecule has 0 aliphatic heterocycles. The van der Waals surface area contributed by atoms with Gasteiger partial charge in [0.1, 0.15) is 5.70 Å². The highest BCUT2D eigenvalue weighted by molar-refractivity contribution is 5.81. The second-order valence-corrected chi connectivity index (χ2v) is 6.69. The summed E-state index contributed by atoms with van der Waals surface area (Å²) >= 11 is 0. The quantitative estimate of drug-likeness (QED) is 0.418. The van der Waals surface area contributed by atoms with Crippen LogP contribution in [0.25, 0.3) is 0 Å². The van der Waals surface area contributed by atoms with Crippen molar-refractivity contribution in [2.45, 2.75) is 52.3 Å². The summed E-state index contributed by atoms with van der Waals surface area (Å²) in [6.07, 6.45) is -0.661. The fourth-order valence-corrected chi connectivity index (χ4v) is 3.44. The first-order valence-electron chi connectivity index (χ1n) is 7.39. The van der Waals surface area contributed by atoms with E-state index in [0.717, 1.165) is 18.1 Å². The minimum Gasteiger partial charge on any atom is -0.378 e. The van der Waals surface area contributed by atoms with Gasteiger partial charge in [-0.2, -0.15) is 13.2 Å². The molecule has 22 heavy (non-hydrogen) atoms. The molecule has 2 atom stereocenters. The second kappa shape index (κ2) is 6.71. The van der Waals surface area contributed by atoms with E-state index in [1.165, 1.54) is 0 Å². The van der Waals surface area contributed by atoms with Crippen LogP contribution < -0.4 is 5.32 Å². The molecule has 5 heteroatoms. The average Bonchev–Trinajstić information content (AvgIpc) is 2.36. The van der Waals surface area contributed by atoms with E-state index in [1.54, 1.807) is 0 Å². The predicted molar refractivity (Wildman–Crippen MR) is 84.9 cm³/mol. The Morgan fingerprint density at radius 3 is 2.27 bits per heavy atom. The molecular weight excluding hydrogens is 289 g/mol. The SMILES string of the molecule is C=C/C(C=N)=C(/NC1CC[C@H](C(=C)C)C(C)(C)C1)C(F)(F)F. The number of nitrogens with one attached hydrogen (secondary N) is 2. The Morgan fingerprint density at radius 1 is 1.32 bits per heavy atom. The van der Waals surface area contributed by atoms with E-state index in [-0.39, 0.29) is 17.0 Å². The van der Waals surface area contributed by atoms with Crippen LogP contribution in [0.1, 0.15) is 40.0 Å². The number of rotatable bonds is 5. The summed E-state index contributed by atoms with van der Waals surface area (Å²) in [5.74, 6) is 0.325. The Bertz CT molecular complexity index is 477. The zero-order valence-electron chi connectivity index (χ0n) is 13.5. The normalized spacial score (nSPS) is 25.9. The van der Waals surface area contributed by atoms with Crippen molar-refractivity contribution < 1.29 is 13.2 Å². The smallest absolute Gasteiger partial charge is 0.378 e. The van der Waals surface area contributed by atoms with E-state index in [1.807, 2.05) is 6.92 Å². The third-order valence-electron chi connectivity index (χ3n) is 4.41. The maximum absolute atomic E-state index is 13.2. The summed E-state index contributed by atoms with van der Waals surface area (Å²) < 4.78 is 39.6. The highest BCUT2D eigenvalue weighted by Gasteiger charge is 2.41. The average molecular weight is 314 g/mol. The number of hydrogen-bond donors (Lipinski definition) is 2. The lowest BCUT2D eigenvalue weighted by Gasteiger charge is -2.43. The van der Waals surface area contributed by atoms with Gasteiger partial charge in [-0.1, -0.05) is 38.7 Å². The van der Waals surface area contributed by atoms with Crippen molar-refractivity contribution in [1.29, 1.82) is 5.41 Å². The van der Waals surface area contributed by atoms with Gasteiger partial charge < -0.3 is 10.7 Å². The molecule has 0 aromatic carbocycles. The molecule has 124 valence electrons. The summed E-state index contributed by atoms with van der Waals surface area (Å²) in [5.41, 5.74) is -0.113. The van der Waals surface area contributed by atoms with Gasteiger partial charge in [-0.3, -0.25) is 0 Å². The van der Waals surface area contributed by atoms with E-state index in [2.05, 4.69) is 32.3 Å². The lowest BCUT2D eigenvalue weighted by atomic mass is 9.65. The first kappa shape index (κ1) is 18.5. The van der Waals surface area contributed by atoms with Crippen molar-refractivity contribution in [3.05, 3.63) is 36.1 Å². The fraction of sp³-hybridized carbons (Fsp3) is 0.588. The Morgan fingerprint density at radius 2 is 1.91 bits per heavy atom. The van der Waals surface area contributed by atoms with Crippen LogP contribution >= 0.6 is 0 Å². The van der Waals surface area contributed by atoms with Crippen LogP contribution in [0.5, 0.6) is 0 Å². The second-order valence-electron chi connectivity index (χ2n) is 6.69. The molecule has 1 rings (SSSR count). The third kappa shape index (κ3) is 4.24. The lowest BCUT2D eigenvalue weighted by Crippen LogP contribution is -2.44. The van der Waals surface area contributed by atoms with Gasteiger partial charge in [0.15, 0.2) is 0 Å². The largest absolute Gasteiger partial charge is 0.431 e. The van der Waals surface area contributed by atoms with Crippen LogP contribution in [0.15, 0.2) is 36.1 Å². The minimum atomic E-state index is -4.52. The topological polar surface area (TPSA) is 35.9 Å². The van der Waals surface area contributed by atoms with Gasteiger partial charge in [-0.25, -0.2) is 0 Å². The van der Waals surface area contributed by atoms with E-state index >= 15 is 0 Å². The third-order valence-corrected chi connectivity index (χ3v) is 4.41. The van der Waals surface area contributed by atoms with E-state index in [9.17, 15) is 13.2 Å². The standard InChI is InChI=1S/C17H25F3N2/c1-6-12(10-21)15(17(18,19)20)22-13-7-8-14(11(2)3)16(4,5)9-13/h6,10,13-14,21-22H,1-2,7-9H2,3-5H3/b15-12-,21-10?/t13?,14-/m1/s1. The molecule has 0 radical (unpaired) electrons. The summed E-state index contributed by atoms with van der Waals surface area (Å²) in [7, 11) is 0. The zero-order chi connectivity index (χ0) is 17.1. The summed E-state index contributed by atoms with van der Waals surface area (Å²) in [5, 5.41) is 9.76. The zero-order valence-corrected chi connectivity index (χ0v) is 13.5. The van der Waals surface area contributed by atoms with Crippen molar-refractivity contribution in [1.82, 2.24) is 5.32 Å². The van der Waals surface area contributed by atoms with Crippen molar-refractivity contribution in [3.8, 4) is 0 Å². The number of allylic oxidation sites excluding steroid dienone is 4. The van der Waals surface area contributed by atoms with Crippen molar-refractivity contribution in [2.24, 2.45) is 11.3 Å². The Labute approximate surface area is 130 Å².